The predicted molar refractivity (Wildman–Crippen MR) is 75.5 cm³/mol. The average molecular weight is 274 g/mol. The van der Waals surface area contributed by atoms with Gasteiger partial charge in [-0.15, -0.1) is 0 Å². The molecule has 1 atom stereocenters. The van der Waals surface area contributed by atoms with Crippen LogP contribution in [0.1, 0.15) is 18.6 Å². The lowest BCUT2D eigenvalue weighted by Gasteiger charge is -2.11. The van der Waals surface area contributed by atoms with Crippen LogP contribution in [0.4, 0.5) is 11.8 Å². The van der Waals surface area contributed by atoms with Gasteiger partial charge in [0, 0.05) is 19.3 Å². The molecule has 1 aliphatic heterocycles. The lowest BCUT2D eigenvalue weighted by atomic mass is 10.2. The van der Waals surface area contributed by atoms with Crippen LogP contribution < -0.4 is 10.6 Å². The summed E-state index contributed by atoms with van der Waals surface area (Å²) in [5, 5.41) is 6.41. The Balaban J connectivity index is 1.52. The second-order valence-corrected chi connectivity index (χ2v) is 4.71. The number of rotatable bonds is 6. The molecule has 1 fully saturated rings. The van der Waals surface area contributed by atoms with Crippen molar-refractivity contribution in [2.45, 2.75) is 25.5 Å². The number of nitrogens with zero attached hydrogens (tertiary/aromatic N) is 2. The molecule has 0 amide bonds. The minimum absolute atomic E-state index is 0.296. The van der Waals surface area contributed by atoms with E-state index in [9.17, 15) is 0 Å². The maximum absolute atomic E-state index is 5.57. The molecule has 0 aromatic carbocycles. The zero-order valence-electron chi connectivity index (χ0n) is 11.2. The molecule has 1 aliphatic rings. The largest absolute Gasteiger partial charge is 0.467 e. The Hall–Kier alpha value is -2.08. The first-order chi connectivity index (χ1) is 9.90. The second-order valence-electron chi connectivity index (χ2n) is 4.71. The first kappa shape index (κ1) is 12.9. The van der Waals surface area contributed by atoms with Crippen LogP contribution in [0.15, 0.2) is 35.1 Å². The van der Waals surface area contributed by atoms with Gasteiger partial charge >= 0.3 is 0 Å². The van der Waals surface area contributed by atoms with Crippen molar-refractivity contribution >= 4 is 11.8 Å². The number of furan rings is 1. The van der Waals surface area contributed by atoms with Crippen molar-refractivity contribution in [3.8, 4) is 0 Å². The summed E-state index contributed by atoms with van der Waals surface area (Å²) in [5.41, 5.74) is 0. The van der Waals surface area contributed by atoms with Gasteiger partial charge in [-0.25, -0.2) is 4.98 Å². The SMILES string of the molecule is c1coc(CNc2nccc(NCC3CCCO3)n2)c1. The van der Waals surface area contributed by atoms with Gasteiger partial charge in [0.2, 0.25) is 5.95 Å². The monoisotopic (exact) mass is 274 g/mol. The Kier molecular flexibility index (Phi) is 4.13. The molecule has 106 valence electrons. The molecule has 0 spiro atoms. The van der Waals surface area contributed by atoms with Crippen LogP contribution in [0.25, 0.3) is 0 Å². The molecule has 2 aromatic heterocycles. The van der Waals surface area contributed by atoms with E-state index in [0.29, 0.717) is 18.6 Å². The average Bonchev–Trinajstić information content (AvgIpc) is 3.17. The number of ether oxygens (including phenoxy) is 1. The van der Waals surface area contributed by atoms with Gasteiger partial charge < -0.3 is 19.8 Å². The first-order valence-electron chi connectivity index (χ1n) is 6.85. The minimum Gasteiger partial charge on any atom is -0.467 e. The van der Waals surface area contributed by atoms with Crippen LogP contribution in [0.3, 0.4) is 0 Å². The van der Waals surface area contributed by atoms with Gasteiger partial charge in [0.1, 0.15) is 11.6 Å². The Bertz CT molecular complexity index is 524. The second kappa shape index (κ2) is 6.38. The van der Waals surface area contributed by atoms with Crippen molar-refractivity contribution in [3.05, 3.63) is 36.4 Å². The molecule has 1 unspecified atom stereocenters. The number of nitrogens with one attached hydrogen (secondary N) is 2. The number of hydrogen-bond acceptors (Lipinski definition) is 6. The van der Waals surface area contributed by atoms with Crippen molar-refractivity contribution in [3.63, 3.8) is 0 Å². The topological polar surface area (TPSA) is 72.2 Å². The highest BCUT2D eigenvalue weighted by atomic mass is 16.5. The Labute approximate surface area is 117 Å². The van der Waals surface area contributed by atoms with Crippen molar-refractivity contribution < 1.29 is 9.15 Å². The molecule has 1 saturated heterocycles. The summed E-state index contributed by atoms with van der Waals surface area (Å²) in [7, 11) is 0. The summed E-state index contributed by atoms with van der Waals surface area (Å²) in [6.45, 7) is 2.23. The fourth-order valence-corrected chi connectivity index (χ4v) is 2.15. The van der Waals surface area contributed by atoms with E-state index in [4.69, 9.17) is 9.15 Å². The van der Waals surface area contributed by atoms with E-state index in [2.05, 4.69) is 20.6 Å². The standard InChI is InChI=1S/C14H18N4O2/c1-3-11(19-7-1)9-16-13-5-6-15-14(18-13)17-10-12-4-2-8-20-12/h2,4-6,8,11H,1,3,7,9-10H2,(H2,15,16,17,18). The molecule has 2 N–H and O–H groups in total. The highest BCUT2D eigenvalue weighted by Gasteiger charge is 2.15. The van der Waals surface area contributed by atoms with E-state index < -0.39 is 0 Å². The number of aromatic nitrogens is 2. The van der Waals surface area contributed by atoms with Crippen molar-refractivity contribution in [2.24, 2.45) is 0 Å². The molecule has 0 bridgehead atoms. The quantitative estimate of drug-likeness (QED) is 0.842. The third-order valence-electron chi connectivity index (χ3n) is 3.19. The molecule has 0 radical (unpaired) electrons. The molecule has 2 aromatic rings. The zero-order chi connectivity index (χ0) is 13.6. The van der Waals surface area contributed by atoms with Crippen molar-refractivity contribution in [1.82, 2.24) is 9.97 Å². The van der Waals surface area contributed by atoms with E-state index in [1.54, 1.807) is 12.5 Å². The first-order valence-corrected chi connectivity index (χ1v) is 6.85. The van der Waals surface area contributed by atoms with E-state index in [1.165, 1.54) is 0 Å². The van der Waals surface area contributed by atoms with Crippen LogP contribution in [-0.2, 0) is 11.3 Å². The fourth-order valence-electron chi connectivity index (χ4n) is 2.15. The molecule has 3 rings (SSSR count). The van der Waals surface area contributed by atoms with Crippen molar-refractivity contribution in [1.29, 1.82) is 0 Å². The summed E-state index contributed by atoms with van der Waals surface area (Å²) >= 11 is 0. The third-order valence-corrected chi connectivity index (χ3v) is 3.19. The maximum Gasteiger partial charge on any atom is 0.224 e. The molecular weight excluding hydrogens is 256 g/mol. The lowest BCUT2D eigenvalue weighted by Crippen LogP contribution is -2.19. The highest BCUT2D eigenvalue weighted by molar-refractivity contribution is 5.39. The minimum atomic E-state index is 0.296. The number of anilines is 2. The third kappa shape index (κ3) is 3.48. The molecule has 3 heterocycles. The lowest BCUT2D eigenvalue weighted by molar-refractivity contribution is 0.120. The van der Waals surface area contributed by atoms with Gasteiger partial charge in [-0.1, -0.05) is 0 Å². The van der Waals surface area contributed by atoms with Gasteiger partial charge in [-0.3, -0.25) is 0 Å². The zero-order valence-corrected chi connectivity index (χ0v) is 11.2. The predicted octanol–water partition coefficient (Wildman–Crippen LogP) is 2.27. The molecule has 6 nitrogen and oxygen atoms in total. The van der Waals surface area contributed by atoms with Gasteiger partial charge in [0.15, 0.2) is 0 Å². The molecule has 0 aliphatic carbocycles. The Morgan fingerprint density at radius 1 is 1.30 bits per heavy atom. The van der Waals surface area contributed by atoms with Crippen molar-refractivity contribution in [2.75, 3.05) is 23.8 Å². The summed E-state index contributed by atoms with van der Waals surface area (Å²) in [6, 6.07) is 5.62. The summed E-state index contributed by atoms with van der Waals surface area (Å²) in [5.74, 6) is 2.24. The Morgan fingerprint density at radius 3 is 3.10 bits per heavy atom. The molecular formula is C14H18N4O2. The van der Waals surface area contributed by atoms with Gasteiger partial charge in [0.25, 0.3) is 0 Å². The van der Waals surface area contributed by atoms with Crippen LogP contribution >= 0.6 is 0 Å². The van der Waals surface area contributed by atoms with Crippen LogP contribution in [0.5, 0.6) is 0 Å². The molecule has 6 heteroatoms. The molecule has 20 heavy (non-hydrogen) atoms. The Morgan fingerprint density at radius 2 is 2.30 bits per heavy atom. The fraction of sp³-hybridized carbons (Fsp3) is 0.429. The van der Waals surface area contributed by atoms with E-state index in [0.717, 1.165) is 37.6 Å². The van der Waals surface area contributed by atoms with E-state index in [1.807, 2.05) is 18.2 Å². The van der Waals surface area contributed by atoms with Crippen LogP contribution in [0.2, 0.25) is 0 Å². The summed E-state index contributed by atoms with van der Waals surface area (Å²) < 4.78 is 10.8. The van der Waals surface area contributed by atoms with E-state index in [-0.39, 0.29) is 0 Å². The van der Waals surface area contributed by atoms with E-state index >= 15 is 0 Å². The molecule has 0 saturated carbocycles. The maximum atomic E-state index is 5.57. The van der Waals surface area contributed by atoms with Gasteiger partial charge in [-0.05, 0) is 31.0 Å². The summed E-state index contributed by atoms with van der Waals surface area (Å²) in [6.07, 6.45) is 5.94. The number of hydrogen-bond donors (Lipinski definition) is 2. The smallest absolute Gasteiger partial charge is 0.224 e. The van der Waals surface area contributed by atoms with Crippen LogP contribution in [0, 0.1) is 0 Å². The van der Waals surface area contributed by atoms with Gasteiger partial charge in [-0.2, -0.15) is 4.98 Å². The van der Waals surface area contributed by atoms with Crippen LogP contribution in [-0.4, -0.2) is 29.2 Å². The summed E-state index contributed by atoms with van der Waals surface area (Å²) in [4.78, 5) is 8.59. The highest BCUT2D eigenvalue weighted by Crippen LogP contribution is 2.13. The van der Waals surface area contributed by atoms with Gasteiger partial charge in [0.05, 0.1) is 18.9 Å². The normalized spacial score (nSPS) is 18.1.